The Morgan fingerprint density at radius 2 is 2.11 bits per heavy atom. The molecule has 0 bridgehead atoms. The molecule has 1 aliphatic rings. The van der Waals surface area contributed by atoms with Gasteiger partial charge in [-0.25, -0.2) is 13.6 Å². The lowest BCUT2D eigenvalue weighted by atomic mass is 10.0. The fourth-order valence-corrected chi connectivity index (χ4v) is 3.27. The van der Waals surface area contributed by atoms with Crippen LogP contribution in [0.4, 0.5) is 5.69 Å². The van der Waals surface area contributed by atoms with Crippen LogP contribution < -0.4 is 10.0 Å². The summed E-state index contributed by atoms with van der Waals surface area (Å²) in [5.74, 6) is 0.337. The largest absolute Gasteiger partial charge is 0.394 e. The van der Waals surface area contributed by atoms with Crippen LogP contribution in [0.15, 0.2) is 29.2 Å². The zero-order chi connectivity index (χ0) is 13.3. The molecule has 0 aromatic heterocycles. The van der Waals surface area contributed by atoms with Gasteiger partial charge in [0.15, 0.2) is 0 Å². The van der Waals surface area contributed by atoms with E-state index >= 15 is 0 Å². The van der Waals surface area contributed by atoms with Crippen LogP contribution in [0.1, 0.15) is 13.3 Å². The second-order valence-corrected chi connectivity index (χ2v) is 6.25. The number of benzene rings is 1. The zero-order valence-corrected chi connectivity index (χ0v) is 11.1. The van der Waals surface area contributed by atoms with E-state index in [1.165, 1.54) is 6.07 Å². The lowest BCUT2D eigenvalue weighted by molar-refractivity contribution is 0.244. The van der Waals surface area contributed by atoms with Crippen molar-refractivity contribution >= 4 is 15.7 Å². The van der Waals surface area contributed by atoms with Crippen LogP contribution in [0, 0.1) is 5.92 Å². The molecule has 0 radical (unpaired) electrons. The van der Waals surface area contributed by atoms with E-state index in [4.69, 9.17) is 5.14 Å². The van der Waals surface area contributed by atoms with E-state index in [0.29, 0.717) is 11.6 Å². The van der Waals surface area contributed by atoms with Crippen molar-refractivity contribution in [2.45, 2.75) is 24.3 Å². The number of hydrogen-bond donors (Lipinski definition) is 2. The van der Waals surface area contributed by atoms with Gasteiger partial charge in [0.05, 0.1) is 18.3 Å². The molecule has 0 saturated carbocycles. The number of nitrogens with zero attached hydrogens (tertiary/aromatic N) is 1. The molecule has 5 nitrogen and oxygen atoms in total. The third kappa shape index (κ3) is 2.36. The van der Waals surface area contributed by atoms with E-state index < -0.39 is 10.0 Å². The molecule has 0 spiro atoms. The van der Waals surface area contributed by atoms with Gasteiger partial charge in [-0.05, 0) is 24.5 Å². The highest BCUT2D eigenvalue weighted by Gasteiger charge is 2.32. The van der Waals surface area contributed by atoms with E-state index in [1.54, 1.807) is 18.2 Å². The van der Waals surface area contributed by atoms with Crippen LogP contribution in [0.3, 0.4) is 0 Å². The van der Waals surface area contributed by atoms with Crippen molar-refractivity contribution in [3.8, 4) is 0 Å². The lowest BCUT2D eigenvalue weighted by Gasteiger charge is -2.28. The molecule has 6 heteroatoms. The van der Waals surface area contributed by atoms with Crippen molar-refractivity contribution < 1.29 is 13.5 Å². The number of hydrogen-bond acceptors (Lipinski definition) is 4. The standard InChI is InChI=1S/C12H18N2O3S/c1-9-6-7-14(11(9)8-15)10-4-2-3-5-12(10)18(13,16)17/h2-5,9,11,15H,6-8H2,1H3,(H2,13,16,17). The highest BCUT2D eigenvalue weighted by Crippen LogP contribution is 2.33. The number of nitrogens with two attached hydrogens (primary N) is 1. The number of anilines is 1. The van der Waals surface area contributed by atoms with E-state index in [1.807, 2.05) is 4.90 Å². The fourth-order valence-electron chi connectivity index (χ4n) is 2.52. The first-order valence-corrected chi connectivity index (χ1v) is 7.49. The first-order valence-electron chi connectivity index (χ1n) is 5.94. The average Bonchev–Trinajstić information content (AvgIpc) is 2.69. The summed E-state index contributed by atoms with van der Waals surface area (Å²) < 4.78 is 23.2. The van der Waals surface area contributed by atoms with Crippen LogP contribution >= 0.6 is 0 Å². The summed E-state index contributed by atoms with van der Waals surface area (Å²) in [7, 11) is -3.74. The van der Waals surface area contributed by atoms with E-state index in [0.717, 1.165) is 13.0 Å². The molecule has 2 atom stereocenters. The molecular formula is C12H18N2O3S. The van der Waals surface area contributed by atoms with Gasteiger partial charge < -0.3 is 10.0 Å². The zero-order valence-electron chi connectivity index (χ0n) is 10.3. The molecule has 1 aromatic rings. The maximum absolute atomic E-state index is 11.6. The van der Waals surface area contributed by atoms with Crippen LogP contribution in [0.2, 0.25) is 0 Å². The molecule has 1 saturated heterocycles. The van der Waals surface area contributed by atoms with Crippen molar-refractivity contribution in [3.63, 3.8) is 0 Å². The molecule has 1 heterocycles. The Morgan fingerprint density at radius 3 is 2.72 bits per heavy atom. The Morgan fingerprint density at radius 1 is 1.44 bits per heavy atom. The molecule has 100 valence electrons. The van der Waals surface area contributed by atoms with Crippen molar-refractivity contribution in [1.29, 1.82) is 0 Å². The number of para-hydroxylation sites is 1. The molecular weight excluding hydrogens is 252 g/mol. The molecule has 0 aliphatic carbocycles. The van der Waals surface area contributed by atoms with Crippen molar-refractivity contribution in [2.75, 3.05) is 18.1 Å². The predicted molar refractivity (Wildman–Crippen MR) is 69.8 cm³/mol. The SMILES string of the molecule is CC1CCN(c2ccccc2S(N)(=O)=O)C1CO. The number of sulfonamides is 1. The highest BCUT2D eigenvalue weighted by atomic mass is 32.2. The van der Waals surface area contributed by atoms with Gasteiger partial charge in [-0.1, -0.05) is 19.1 Å². The van der Waals surface area contributed by atoms with Gasteiger partial charge in [0.2, 0.25) is 10.0 Å². The van der Waals surface area contributed by atoms with Gasteiger partial charge in [-0.2, -0.15) is 0 Å². The maximum atomic E-state index is 11.6. The summed E-state index contributed by atoms with van der Waals surface area (Å²) in [6.45, 7) is 2.81. The molecule has 0 amide bonds. The Hall–Kier alpha value is -1.11. The molecule has 3 N–H and O–H groups in total. The second-order valence-electron chi connectivity index (χ2n) is 4.72. The third-order valence-electron chi connectivity index (χ3n) is 3.55. The minimum absolute atomic E-state index is 0.0140. The van der Waals surface area contributed by atoms with Crippen molar-refractivity contribution in [2.24, 2.45) is 11.1 Å². The van der Waals surface area contributed by atoms with Gasteiger partial charge in [0.1, 0.15) is 4.90 Å². The van der Waals surface area contributed by atoms with Crippen molar-refractivity contribution in [1.82, 2.24) is 0 Å². The summed E-state index contributed by atoms with van der Waals surface area (Å²) >= 11 is 0. The van der Waals surface area contributed by atoms with Crippen LogP contribution in [-0.2, 0) is 10.0 Å². The van der Waals surface area contributed by atoms with Crippen LogP contribution in [0.25, 0.3) is 0 Å². The van der Waals surface area contributed by atoms with E-state index in [-0.39, 0.29) is 17.5 Å². The first-order chi connectivity index (χ1) is 8.45. The summed E-state index contributed by atoms with van der Waals surface area (Å²) in [6.07, 6.45) is 0.935. The number of aliphatic hydroxyl groups is 1. The number of rotatable bonds is 3. The van der Waals surface area contributed by atoms with Gasteiger partial charge in [-0.15, -0.1) is 0 Å². The Kier molecular flexibility index (Phi) is 3.61. The quantitative estimate of drug-likeness (QED) is 0.839. The van der Waals surface area contributed by atoms with Crippen LogP contribution in [-0.4, -0.2) is 32.7 Å². The summed E-state index contributed by atoms with van der Waals surface area (Å²) in [4.78, 5) is 2.06. The Balaban J connectivity index is 2.46. The van der Waals surface area contributed by atoms with Gasteiger partial charge in [-0.3, -0.25) is 0 Å². The van der Waals surface area contributed by atoms with Gasteiger partial charge in [0.25, 0.3) is 0 Å². The molecule has 18 heavy (non-hydrogen) atoms. The molecule has 2 rings (SSSR count). The Labute approximate surface area is 107 Å². The molecule has 1 aromatic carbocycles. The summed E-state index contributed by atoms with van der Waals surface area (Å²) in [5.41, 5.74) is 0.586. The first kappa shape index (κ1) is 13.3. The number of primary sulfonamides is 1. The van der Waals surface area contributed by atoms with Crippen LogP contribution in [0.5, 0.6) is 0 Å². The minimum atomic E-state index is -3.74. The van der Waals surface area contributed by atoms with E-state index in [9.17, 15) is 13.5 Å². The average molecular weight is 270 g/mol. The molecule has 1 aliphatic heterocycles. The molecule has 1 fully saturated rings. The van der Waals surface area contributed by atoms with Gasteiger partial charge in [0, 0.05) is 6.54 Å². The topological polar surface area (TPSA) is 83.6 Å². The normalized spacial score (nSPS) is 24.5. The lowest BCUT2D eigenvalue weighted by Crippen LogP contribution is -2.36. The highest BCUT2D eigenvalue weighted by molar-refractivity contribution is 7.89. The van der Waals surface area contributed by atoms with Gasteiger partial charge >= 0.3 is 0 Å². The summed E-state index contributed by atoms with van der Waals surface area (Å²) in [5, 5.41) is 14.7. The fraction of sp³-hybridized carbons (Fsp3) is 0.500. The third-order valence-corrected chi connectivity index (χ3v) is 4.51. The summed E-state index contributed by atoms with van der Waals surface area (Å²) in [6, 6.07) is 6.62. The Bertz CT molecular complexity index is 530. The minimum Gasteiger partial charge on any atom is -0.394 e. The monoisotopic (exact) mass is 270 g/mol. The second kappa shape index (κ2) is 4.87. The predicted octanol–water partition coefficient (Wildman–Crippen LogP) is 0.541. The maximum Gasteiger partial charge on any atom is 0.240 e. The smallest absolute Gasteiger partial charge is 0.240 e. The number of aliphatic hydroxyl groups excluding tert-OH is 1. The van der Waals surface area contributed by atoms with Crippen molar-refractivity contribution in [3.05, 3.63) is 24.3 Å². The molecule has 2 unspecified atom stereocenters. The van der Waals surface area contributed by atoms with E-state index in [2.05, 4.69) is 6.92 Å².